The molecule has 2 rings (SSSR count). The lowest BCUT2D eigenvalue weighted by Crippen LogP contribution is -2.38. The minimum absolute atomic E-state index is 0.610. The minimum Gasteiger partial charge on any atom is -0.357 e. The molecular weight excluding hydrogens is 266 g/mol. The molecule has 0 radical (unpaired) electrons. The van der Waals surface area contributed by atoms with Gasteiger partial charge in [-0.05, 0) is 25.0 Å². The molecule has 7 nitrogen and oxygen atoms in total. The predicted octanol–water partition coefficient (Wildman–Crippen LogP) is 0.451. The molecule has 0 bridgehead atoms. The zero-order chi connectivity index (χ0) is 15.1. The van der Waals surface area contributed by atoms with E-state index in [9.17, 15) is 0 Å². The second-order valence-electron chi connectivity index (χ2n) is 4.84. The van der Waals surface area contributed by atoms with Crippen LogP contribution in [0, 0.1) is 0 Å². The van der Waals surface area contributed by atoms with Crippen LogP contribution in [0.1, 0.15) is 18.2 Å². The molecule has 2 aromatic rings. The molecule has 2 aromatic heterocycles. The molecule has 0 atom stereocenters. The molecule has 0 saturated carbocycles. The lowest BCUT2D eigenvalue weighted by molar-refractivity contribution is 0.707. The van der Waals surface area contributed by atoms with Crippen molar-refractivity contribution in [3.8, 4) is 0 Å². The van der Waals surface area contributed by atoms with E-state index < -0.39 is 0 Å². The van der Waals surface area contributed by atoms with Gasteiger partial charge in [-0.2, -0.15) is 10.2 Å². The Bertz CT molecular complexity index is 582. The number of nitrogens with one attached hydrogen (secondary N) is 2. The molecule has 21 heavy (non-hydrogen) atoms. The summed E-state index contributed by atoms with van der Waals surface area (Å²) in [6.07, 6.45) is 6.63. The predicted molar refractivity (Wildman–Crippen MR) is 82.9 cm³/mol. The van der Waals surface area contributed by atoms with Gasteiger partial charge < -0.3 is 10.6 Å². The summed E-state index contributed by atoms with van der Waals surface area (Å²) >= 11 is 0. The molecule has 0 aromatic carbocycles. The molecule has 0 unspecified atom stereocenters. The van der Waals surface area contributed by atoms with E-state index >= 15 is 0 Å². The third-order valence-electron chi connectivity index (χ3n) is 3.13. The van der Waals surface area contributed by atoms with Crippen molar-refractivity contribution < 1.29 is 0 Å². The van der Waals surface area contributed by atoms with Gasteiger partial charge in [-0.3, -0.25) is 9.36 Å². The van der Waals surface area contributed by atoms with Gasteiger partial charge in [0, 0.05) is 39.6 Å². The summed E-state index contributed by atoms with van der Waals surface area (Å²) < 4.78 is 3.65. The van der Waals surface area contributed by atoms with Crippen LogP contribution in [0.15, 0.2) is 29.6 Å². The van der Waals surface area contributed by atoms with Crippen LogP contribution in [0.25, 0.3) is 0 Å². The van der Waals surface area contributed by atoms with Crippen LogP contribution in [-0.2, 0) is 27.1 Å². The van der Waals surface area contributed by atoms with Crippen molar-refractivity contribution in [2.24, 2.45) is 19.1 Å². The Morgan fingerprint density at radius 1 is 1.29 bits per heavy atom. The van der Waals surface area contributed by atoms with Gasteiger partial charge in [0.05, 0.1) is 18.4 Å². The number of hydrogen-bond donors (Lipinski definition) is 2. The molecule has 7 heteroatoms. The maximum atomic E-state index is 4.57. The fourth-order valence-electron chi connectivity index (χ4n) is 1.98. The van der Waals surface area contributed by atoms with Gasteiger partial charge in [0.15, 0.2) is 5.96 Å². The Morgan fingerprint density at radius 2 is 2.14 bits per heavy atom. The molecular formula is C14H23N7. The topological polar surface area (TPSA) is 72.1 Å². The second-order valence-corrected chi connectivity index (χ2v) is 4.84. The number of rotatable bonds is 6. The molecule has 0 aliphatic carbocycles. The summed E-state index contributed by atoms with van der Waals surface area (Å²) in [4.78, 5) is 4.57. The Labute approximate surface area is 125 Å². The molecule has 2 N–H and O–H groups in total. The maximum absolute atomic E-state index is 4.57. The van der Waals surface area contributed by atoms with Crippen molar-refractivity contribution in [1.82, 2.24) is 30.2 Å². The van der Waals surface area contributed by atoms with Crippen LogP contribution in [0.2, 0.25) is 0 Å². The molecule has 2 heterocycles. The van der Waals surface area contributed by atoms with E-state index in [1.165, 1.54) is 5.56 Å². The first-order valence-corrected chi connectivity index (χ1v) is 7.15. The highest BCUT2D eigenvalue weighted by atomic mass is 15.3. The fourth-order valence-corrected chi connectivity index (χ4v) is 1.98. The third kappa shape index (κ3) is 4.62. The lowest BCUT2D eigenvalue weighted by Gasteiger charge is -2.10. The van der Waals surface area contributed by atoms with Crippen molar-refractivity contribution in [2.45, 2.75) is 19.9 Å². The highest BCUT2D eigenvalue weighted by Gasteiger charge is 2.01. The summed E-state index contributed by atoms with van der Waals surface area (Å²) in [5.41, 5.74) is 2.30. The minimum atomic E-state index is 0.610. The summed E-state index contributed by atoms with van der Waals surface area (Å²) in [6.45, 7) is 4.33. The highest BCUT2D eigenvalue weighted by molar-refractivity contribution is 5.79. The monoisotopic (exact) mass is 289 g/mol. The van der Waals surface area contributed by atoms with Crippen molar-refractivity contribution in [2.75, 3.05) is 13.1 Å². The lowest BCUT2D eigenvalue weighted by atomic mass is 10.2. The number of aromatic nitrogens is 4. The zero-order valence-corrected chi connectivity index (χ0v) is 12.9. The first-order chi connectivity index (χ1) is 10.2. The first-order valence-electron chi connectivity index (χ1n) is 7.15. The van der Waals surface area contributed by atoms with E-state index in [1.54, 1.807) is 6.20 Å². The van der Waals surface area contributed by atoms with E-state index in [4.69, 9.17) is 0 Å². The quantitative estimate of drug-likeness (QED) is 0.598. The smallest absolute Gasteiger partial charge is 0.191 e. The summed E-state index contributed by atoms with van der Waals surface area (Å²) in [7, 11) is 3.85. The molecule has 0 amide bonds. The van der Waals surface area contributed by atoms with Gasteiger partial charge in [0.1, 0.15) is 0 Å². The molecule has 0 spiro atoms. The summed E-state index contributed by atoms with van der Waals surface area (Å²) in [5.74, 6) is 0.822. The van der Waals surface area contributed by atoms with Crippen LogP contribution in [0.3, 0.4) is 0 Å². The average molecular weight is 289 g/mol. The zero-order valence-electron chi connectivity index (χ0n) is 12.9. The van der Waals surface area contributed by atoms with E-state index in [0.29, 0.717) is 6.54 Å². The molecule has 0 saturated heterocycles. The summed E-state index contributed by atoms with van der Waals surface area (Å²) in [5, 5.41) is 14.9. The highest BCUT2D eigenvalue weighted by Crippen LogP contribution is 1.98. The molecule has 0 aliphatic heterocycles. The molecule has 0 aliphatic rings. The van der Waals surface area contributed by atoms with E-state index in [1.807, 2.05) is 41.9 Å². The number of aliphatic imine (C=N–C) groups is 1. The number of aryl methyl sites for hydroxylation is 2. The van der Waals surface area contributed by atoms with Gasteiger partial charge in [0.2, 0.25) is 0 Å². The Morgan fingerprint density at radius 3 is 2.76 bits per heavy atom. The van der Waals surface area contributed by atoms with Crippen LogP contribution in [0.5, 0.6) is 0 Å². The molecule has 114 valence electrons. The van der Waals surface area contributed by atoms with Gasteiger partial charge in [-0.1, -0.05) is 0 Å². The van der Waals surface area contributed by atoms with Crippen LogP contribution >= 0.6 is 0 Å². The Hall–Kier alpha value is -2.31. The van der Waals surface area contributed by atoms with Crippen molar-refractivity contribution in [1.29, 1.82) is 0 Å². The normalized spacial score (nSPS) is 11.7. The van der Waals surface area contributed by atoms with Crippen molar-refractivity contribution >= 4 is 5.96 Å². The van der Waals surface area contributed by atoms with E-state index in [0.717, 1.165) is 31.2 Å². The van der Waals surface area contributed by atoms with Crippen LogP contribution in [-0.4, -0.2) is 38.6 Å². The Balaban J connectivity index is 1.85. The number of nitrogens with zero attached hydrogens (tertiary/aromatic N) is 5. The van der Waals surface area contributed by atoms with Gasteiger partial charge in [-0.25, -0.2) is 4.99 Å². The third-order valence-corrected chi connectivity index (χ3v) is 3.13. The maximum Gasteiger partial charge on any atom is 0.191 e. The van der Waals surface area contributed by atoms with Gasteiger partial charge in [-0.15, -0.1) is 0 Å². The SMILES string of the molecule is CCNC(=NCc1ccnn1C)NCCc1cnn(C)c1. The first kappa shape index (κ1) is 15.1. The number of guanidine groups is 1. The largest absolute Gasteiger partial charge is 0.357 e. The number of hydrogen-bond acceptors (Lipinski definition) is 3. The van der Waals surface area contributed by atoms with Crippen molar-refractivity contribution in [3.05, 3.63) is 35.9 Å². The Kier molecular flexibility index (Phi) is 5.36. The van der Waals surface area contributed by atoms with Crippen LogP contribution < -0.4 is 10.6 Å². The standard InChI is InChI=1S/C14H23N7/c1-4-15-14(17-10-13-6-8-18-21(13)3)16-7-5-12-9-19-20(2)11-12/h6,8-9,11H,4-5,7,10H2,1-3H3,(H2,15,16,17). The second kappa shape index (κ2) is 7.47. The summed E-state index contributed by atoms with van der Waals surface area (Å²) in [6, 6.07) is 1.97. The molecule has 0 fully saturated rings. The van der Waals surface area contributed by atoms with Gasteiger partial charge in [0.25, 0.3) is 0 Å². The fraction of sp³-hybridized carbons (Fsp3) is 0.500. The average Bonchev–Trinajstić information content (AvgIpc) is 3.05. The van der Waals surface area contributed by atoms with E-state index in [2.05, 4.69) is 32.7 Å². The van der Waals surface area contributed by atoms with Crippen LogP contribution in [0.4, 0.5) is 0 Å². The van der Waals surface area contributed by atoms with E-state index in [-0.39, 0.29) is 0 Å². The van der Waals surface area contributed by atoms with Crippen molar-refractivity contribution in [3.63, 3.8) is 0 Å². The van der Waals surface area contributed by atoms with Gasteiger partial charge >= 0.3 is 0 Å².